The van der Waals surface area contributed by atoms with E-state index in [1.54, 1.807) is 0 Å². The maximum absolute atomic E-state index is 12.2. The molecule has 1 aromatic carbocycles. The normalized spacial score (nSPS) is 42.5. The second kappa shape index (κ2) is 10.3. The van der Waals surface area contributed by atoms with Gasteiger partial charge in [-0.1, -0.05) is 6.07 Å². The van der Waals surface area contributed by atoms with E-state index in [9.17, 15) is 40.5 Å². The number of benzene rings is 1. The van der Waals surface area contributed by atoms with Crippen LogP contribution in [0.3, 0.4) is 0 Å². The Morgan fingerprint density at radius 2 is 1.90 bits per heavy atom. The van der Waals surface area contributed by atoms with Crippen LogP contribution in [0.4, 0.5) is 0 Å². The van der Waals surface area contributed by atoms with E-state index >= 15 is 0 Å². The molecule has 3 aliphatic heterocycles. The fourth-order valence-corrected chi connectivity index (χ4v) is 5.37. The number of carbonyl (C=O) groups excluding carboxylic acids is 1. The van der Waals surface area contributed by atoms with Crippen molar-refractivity contribution in [3.63, 3.8) is 0 Å². The Morgan fingerprint density at radius 3 is 2.62 bits per heavy atom. The molecule has 0 radical (unpaired) electrons. The molecule has 0 spiro atoms. The van der Waals surface area contributed by atoms with Crippen molar-refractivity contribution < 1.29 is 69.0 Å². The van der Waals surface area contributed by atoms with Gasteiger partial charge in [0.15, 0.2) is 17.8 Å². The predicted molar refractivity (Wildman–Crippen MR) is 126 cm³/mol. The minimum Gasteiger partial charge on any atom is -0.504 e. The Balaban J connectivity index is 1.23. The molecule has 0 amide bonds. The summed E-state index contributed by atoms with van der Waals surface area (Å²) in [5.74, 6) is -1.81. The van der Waals surface area contributed by atoms with Crippen molar-refractivity contribution in [1.29, 1.82) is 0 Å². The lowest BCUT2D eigenvalue weighted by atomic mass is 9.81. The molecule has 3 heterocycles. The van der Waals surface area contributed by atoms with E-state index < -0.39 is 85.5 Å². The number of aliphatic hydroxyl groups is 6. The predicted octanol–water partition coefficient (Wildman–Crippen LogP) is -2.50. The Morgan fingerprint density at radius 1 is 1.13 bits per heavy atom. The number of esters is 1. The lowest BCUT2D eigenvalue weighted by Crippen LogP contribution is -2.62. The summed E-state index contributed by atoms with van der Waals surface area (Å²) in [6.45, 7) is -1.09. The van der Waals surface area contributed by atoms with Crippen LogP contribution >= 0.6 is 0 Å². The highest BCUT2D eigenvalue weighted by Crippen LogP contribution is 2.61. The van der Waals surface area contributed by atoms with Gasteiger partial charge < -0.3 is 64.2 Å². The summed E-state index contributed by atoms with van der Waals surface area (Å²) < 4.78 is 32.3. The molecule has 0 aromatic heterocycles. The van der Waals surface area contributed by atoms with Crippen LogP contribution in [0.5, 0.6) is 11.5 Å². The fourth-order valence-electron chi connectivity index (χ4n) is 5.37. The first-order chi connectivity index (χ1) is 18.6. The Bertz CT molecular complexity index is 1140. The van der Waals surface area contributed by atoms with Crippen LogP contribution < -0.4 is 4.74 Å². The van der Waals surface area contributed by atoms with Crippen molar-refractivity contribution in [2.45, 2.75) is 60.4 Å². The molecule has 39 heavy (non-hydrogen) atoms. The standard InChI is InChI=1S/C25H30O14/c1-34-13-8-11(2-4-12(13)27)3-5-15(28)36-9-14-16(29)17(30)18(31)22(37-14)38-23-19-24(33,6-7-35-23)20(32)21-25(19,10-26)39-21/h2-8,14,16-23,26-27,29-33H,9-10H2,1H3/b5-3+/t14-,16-,17+,18-,19+,20-,21+,22+,23+,24+,25-/m1/s1. The second-order valence-electron chi connectivity index (χ2n) is 9.81. The molecule has 11 atom stereocenters. The van der Waals surface area contributed by atoms with E-state index in [4.69, 9.17) is 28.4 Å². The van der Waals surface area contributed by atoms with Gasteiger partial charge in [-0.05, 0) is 29.8 Å². The molecule has 0 bridgehead atoms. The fraction of sp³-hybridized carbons (Fsp3) is 0.560. The molecule has 14 nitrogen and oxygen atoms in total. The average molecular weight is 555 g/mol. The zero-order valence-corrected chi connectivity index (χ0v) is 20.6. The zero-order chi connectivity index (χ0) is 28.1. The molecule has 3 fully saturated rings. The van der Waals surface area contributed by atoms with E-state index in [-0.39, 0.29) is 11.5 Å². The molecule has 1 saturated carbocycles. The minimum absolute atomic E-state index is 0.0716. The molecule has 4 aliphatic rings. The van der Waals surface area contributed by atoms with E-state index in [2.05, 4.69) is 0 Å². The number of epoxide rings is 1. The molecule has 1 aliphatic carbocycles. The summed E-state index contributed by atoms with van der Waals surface area (Å²) in [4.78, 5) is 12.2. The van der Waals surface area contributed by atoms with Gasteiger partial charge in [0, 0.05) is 6.08 Å². The maximum atomic E-state index is 12.2. The number of ether oxygens (including phenoxy) is 6. The van der Waals surface area contributed by atoms with Crippen LogP contribution in [0, 0.1) is 5.92 Å². The molecule has 0 unspecified atom stereocenters. The first-order valence-corrected chi connectivity index (χ1v) is 12.1. The number of hydrogen-bond donors (Lipinski definition) is 7. The second-order valence-corrected chi connectivity index (χ2v) is 9.81. The number of carbonyl (C=O) groups is 1. The highest BCUT2D eigenvalue weighted by molar-refractivity contribution is 5.87. The summed E-state index contributed by atoms with van der Waals surface area (Å²) in [5.41, 5.74) is -2.69. The van der Waals surface area contributed by atoms with Crippen LogP contribution in [0.1, 0.15) is 5.56 Å². The summed E-state index contributed by atoms with van der Waals surface area (Å²) in [5, 5.41) is 72.4. The van der Waals surface area contributed by atoms with Gasteiger partial charge in [0.1, 0.15) is 54.4 Å². The maximum Gasteiger partial charge on any atom is 0.330 e. The largest absolute Gasteiger partial charge is 0.504 e. The third kappa shape index (κ3) is 4.67. The number of hydrogen-bond acceptors (Lipinski definition) is 14. The number of methoxy groups -OCH3 is 1. The third-order valence-corrected chi connectivity index (χ3v) is 7.57. The molecule has 2 saturated heterocycles. The van der Waals surface area contributed by atoms with Crippen molar-refractivity contribution in [1.82, 2.24) is 0 Å². The molecule has 5 rings (SSSR count). The van der Waals surface area contributed by atoms with Crippen LogP contribution in [0.2, 0.25) is 0 Å². The molecular formula is C25H30O14. The molecule has 14 heteroatoms. The van der Waals surface area contributed by atoms with E-state index in [1.807, 2.05) is 0 Å². The van der Waals surface area contributed by atoms with Crippen LogP contribution in [-0.4, -0.2) is 122 Å². The summed E-state index contributed by atoms with van der Waals surface area (Å²) in [6, 6.07) is 4.42. The third-order valence-electron chi connectivity index (χ3n) is 7.57. The topological polar surface area (TPSA) is 217 Å². The molecular weight excluding hydrogens is 524 g/mol. The van der Waals surface area contributed by atoms with E-state index in [1.165, 1.54) is 37.5 Å². The SMILES string of the molecule is COc1cc(/C=C/C(=O)OC[C@H]2O[C@@H](O[C@@H]3OC=C[C@@]4(O)[C@H](O)[C@@H]5O[C@]5(CO)[C@@H]34)[C@H](O)[C@@H](O)[C@@H]2O)ccc1O. The summed E-state index contributed by atoms with van der Waals surface area (Å²) >= 11 is 0. The first-order valence-electron chi connectivity index (χ1n) is 12.1. The van der Waals surface area contributed by atoms with Gasteiger partial charge in [0.2, 0.25) is 6.29 Å². The lowest BCUT2D eigenvalue weighted by Gasteiger charge is -2.45. The average Bonchev–Trinajstić information content (AvgIpc) is 3.62. The van der Waals surface area contributed by atoms with Crippen molar-refractivity contribution in [3.8, 4) is 11.5 Å². The summed E-state index contributed by atoms with van der Waals surface area (Å²) in [7, 11) is 1.38. The van der Waals surface area contributed by atoms with Crippen molar-refractivity contribution in [2.24, 2.45) is 5.92 Å². The molecule has 214 valence electrons. The zero-order valence-electron chi connectivity index (χ0n) is 20.6. The minimum atomic E-state index is -1.87. The number of phenols is 1. The number of rotatable bonds is 8. The van der Waals surface area contributed by atoms with E-state index in [0.717, 1.165) is 12.3 Å². The van der Waals surface area contributed by atoms with Crippen molar-refractivity contribution in [3.05, 3.63) is 42.2 Å². The van der Waals surface area contributed by atoms with Gasteiger partial charge in [-0.2, -0.15) is 0 Å². The van der Waals surface area contributed by atoms with Gasteiger partial charge in [0.25, 0.3) is 0 Å². The van der Waals surface area contributed by atoms with Crippen LogP contribution in [0.25, 0.3) is 6.08 Å². The Labute approximate surface area is 221 Å². The van der Waals surface area contributed by atoms with Gasteiger partial charge >= 0.3 is 5.97 Å². The number of fused-ring (bicyclic) bond motifs is 3. The first kappa shape index (κ1) is 27.8. The number of aromatic hydroxyl groups is 1. The highest BCUT2D eigenvalue weighted by atomic mass is 16.8. The smallest absolute Gasteiger partial charge is 0.330 e. The van der Waals surface area contributed by atoms with Gasteiger partial charge in [-0.15, -0.1) is 0 Å². The Hall–Kier alpha value is -2.79. The van der Waals surface area contributed by atoms with Crippen LogP contribution in [0.15, 0.2) is 36.6 Å². The summed E-state index contributed by atoms with van der Waals surface area (Å²) in [6.07, 6.45) is -7.00. The van der Waals surface area contributed by atoms with Gasteiger partial charge in [0.05, 0.1) is 25.9 Å². The van der Waals surface area contributed by atoms with E-state index in [0.29, 0.717) is 5.56 Å². The monoisotopic (exact) mass is 554 g/mol. The van der Waals surface area contributed by atoms with Crippen LogP contribution in [-0.2, 0) is 28.5 Å². The van der Waals surface area contributed by atoms with Crippen molar-refractivity contribution in [2.75, 3.05) is 20.3 Å². The highest BCUT2D eigenvalue weighted by Gasteiger charge is 2.81. The number of aliphatic hydroxyl groups excluding tert-OH is 5. The Kier molecular flexibility index (Phi) is 7.34. The van der Waals surface area contributed by atoms with Gasteiger partial charge in [-0.3, -0.25) is 0 Å². The quantitative estimate of drug-likeness (QED) is 0.100. The lowest BCUT2D eigenvalue weighted by molar-refractivity contribution is -0.350. The van der Waals surface area contributed by atoms with Crippen molar-refractivity contribution >= 4 is 12.0 Å². The van der Waals surface area contributed by atoms with Gasteiger partial charge in [-0.25, -0.2) is 4.79 Å². The number of phenolic OH excluding ortho intramolecular Hbond substituents is 1. The molecule has 1 aromatic rings. The molecule has 7 N–H and O–H groups in total.